The van der Waals surface area contributed by atoms with E-state index in [0.717, 1.165) is 18.4 Å². The van der Waals surface area contributed by atoms with Crippen LogP contribution in [0.5, 0.6) is 5.75 Å². The Labute approximate surface area is 175 Å². The van der Waals surface area contributed by atoms with Gasteiger partial charge in [-0.1, -0.05) is 60.7 Å². The highest BCUT2D eigenvalue weighted by molar-refractivity contribution is 5.75. The van der Waals surface area contributed by atoms with Gasteiger partial charge in [0.1, 0.15) is 11.6 Å². The van der Waals surface area contributed by atoms with Crippen LogP contribution < -0.4 is 4.74 Å². The molecule has 1 nitrogen and oxygen atoms in total. The van der Waals surface area contributed by atoms with Crippen molar-refractivity contribution in [3.63, 3.8) is 0 Å². The van der Waals surface area contributed by atoms with E-state index in [0.29, 0.717) is 23.5 Å². The molecule has 3 rings (SSSR count). The first-order valence-corrected chi connectivity index (χ1v) is 10.1. The van der Waals surface area contributed by atoms with Gasteiger partial charge in [-0.25, -0.2) is 13.2 Å². The lowest BCUT2D eigenvalue weighted by atomic mass is 9.93. The van der Waals surface area contributed by atoms with Gasteiger partial charge in [0, 0.05) is 5.56 Å². The monoisotopic (exact) mass is 410 g/mol. The van der Waals surface area contributed by atoms with E-state index in [1.807, 2.05) is 32.1 Å². The van der Waals surface area contributed by atoms with Crippen molar-refractivity contribution in [3.8, 4) is 28.0 Å². The van der Waals surface area contributed by atoms with Gasteiger partial charge >= 0.3 is 0 Å². The normalized spacial score (nSPS) is 11.4. The predicted molar refractivity (Wildman–Crippen MR) is 117 cm³/mol. The molecular formula is C26H25F3O. The summed E-state index contributed by atoms with van der Waals surface area (Å²) >= 11 is 0. The fourth-order valence-electron chi connectivity index (χ4n) is 3.45. The minimum absolute atomic E-state index is 0.153. The fraction of sp³-hybridized carbons (Fsp3) is 0.231. The Morgan fingerprint density at radius 3 is 2.07 bits per heavy atom. The molecule has 0 bridgehead atoms. The predicted octanol–water partition coefficient (Wildman–Crippen LogP) is 8.00. The molecule has 30 heavy (non-hydrogen) atoms. The number of benzene rings is 3. The van der Waals surface area contributed by atoms with Crippen LogP contribution in [0, 0.1) is 5.82 Å². The van der Waals surface area contributed by atoms with E-state index in [9.17, 15) is 8.78 Å². The molecule has 0 aliphatic carbocycles. The van der Waals surface area contributed by atoms with E-state index in [-0.39, 0.29) is 11.1 Å². The Bertz CT molecular complexity index is 990. The number of rotatable bonds is 8. The number of halogens is 3. The summed E-state index contributed by atoms with van der Waals surface area (Å²) in [5.74, 6) is -0.231. The van der Waals surface area contributed by atoms with Crippen molar-refractivity contribution < 1.29 is 17.9 Å². The quantitative estimate of drug-likeness (QED) is 0.342. The molecule has 4 heteroatoms. The van der Waals surface area contributed by atoms with Crippen molar-refractivity contribution in [2.75, 3.05) is 6.61 Å². The van der Waals surface area contributed by atoms with Crippen LogP contribution in [0.3, 0.4) is 0 Å². The Balaban J connectivity index is 1.95. The van der Waals surface area contributed by atoms with Crippen LogP contribution in [-0.4, -0.2) is 6.61 Å². The Morgan fingerprint density at radius 2 is 1.47 bits per heavy atom. The van der Waals surface area contributed by atoms with E-state index in [2.05, 4.69) is 6.08 Å². The van der Waals surface area contributed by atoms with Gasteiger partial charge in [-0.3, -0.25) is 0 Å². The lowest BCUT2D eigenvalue weighted by Gasteiger charge is -2.15. The number of hydrogen-bond donors (Lipinski definition) is 0. The Kier molecular flexibility index (Phi) is 7.34. The first-order valence-electron chi connectivity index (χ1n) is 10.1. The summed E-state index contributed by atoms with van der Waals surface area (Å²) in [4.78, 5) is 0. The topological polar surface area (TPSA) is 9.23 Å². The third-order valence-corrected chi connectivity index (χ3v) is 4.97. The van der Waals surface area contributed by atoms with Crippen molar-refractivity contribution in [2.45, 2.75) is 33.1 Å². The first-order chi connectivity index (χ1) is 14.5. The first kappa shape index (κ1) is 21.7. The SMILES string of the molecule is C/C=C/CCc1ccc(-c2ccc(-c3ccc(OCC)cc3)c(F)c2C(F)F)cc1. The summed E-state index contributed by atoms with van der Waals surface area (Å²) < 4.78 is 48.3. The zero-order valence-electron chi connectivity index (χ0n) is 17.2. The minimum Gasteiger partial charge on any atom is -0.494 e. The second-order valence-corrected chi connectivity index (χ2v) is 6.95. The summed E-state index contributed by atoms with van der Waals surface area (Å²) in [6, 6.07) is 17.3. The lowest BCUT2D eigenvalue weighted by molar-refractivity contribution is 0.147. The molecule has 0 aliphatic rings. The molecule has 0 unspecified atom stereocenters. The molecule has 0 atom stereocenters. The van der Waals surface area contributed by atoms with Gasteiger partial charge in [0.15, 0.2) is 0 Å². The minimum atomic E-state index is -2.92. The molecule has 3 aromatic rings. The number of aryl methyl sites for hydroxylation is 1. The molecule has 0 amide bonds. The zero-order chi connectivity index (χ0) is 21.5. The highest BCUT2D eigenvalue weighted by Crippen LogP contribution is 2.38. The third kappa shape index (κ3) is 4.93. The molecule has 0 spiro atoms. The average Bonchev–Trinajstić information content (AvgIpc) is 2.75. The van der Waals surface area contributed by atoms with Gasteiger partial charge in [-0.05, 0) is 61.1 Å². The molecule has 0 saturated carbocycles. The molecule has 156 valence electrons. The van der Waals surface area contributed by atoms with Crippen LogP contribution in [0.25, 0.3) is 22.3 Å². The van der Waals surface area contributed by atoms with E-state index >= 15 is 4.39 Å². The molecule has 0 aliphatic heterocycles. The molecule has 0 radical (unpaired) electrons. The van der Waals surface area contributed by atoms with Crippen LogP contribution in [0.2, 0.25) is 0 Å². The van der Waals surface area contributed by atoms with Crippen LogP contribution in [0.1, 0.15) is 37.8 Å². The van der Waals surface area contributed by atoms with Crippen molar-refractivity contribution >= 4 is 0 Å². The standard InChI is InChI=1S/C26H25F3O/c1-3-5-6-7-18-8-10-19(11-9-18)22-16-17-23(25(27)24(22)26(28)29)20-12-14-21(15-13-20)30-4-2/h3,5,8-17,26H,4,6-7H2,1-2H3/b5-3+. The lowest BCUT2D eigenvalue weighted by Crippen LogP contribution is -1.99. The third-order valence-electron chi connectivity index (χ3n) is 4.97. The molecule has 0 heterocycles. The Hall–Kier alpha value is -3.01. The van der Waals surface area contributed by atoms with E-state index in [4.69, 9.17) is 4.74 Å². The summed E-state index contributed by atoms with van der Waals surface area (Å²) in [7, 11) is 0. The smallest absolute Gasteiger partial charge is 0.267 e. The van der Waals surface area contributed by atoms with E-state index in [1.165, 1.54) is 0 Å². The van der Waals surface area contributed by atoms with Crippen molar-refractivity contribution in [1.29, 1.82) is 0 Å². The number of alkyl halides is 2. The summed E-state index contributed by atoms with van der Waals surface area (Å²) in [6.45, 7) is 4.36. The highest BCUT2D eigenvalue weighted by Gasteiger charge is 2.23. The largest absolute Gasteiger partial charge is 0.494 e. The number of hydrogen-bond acceptors (Lipinski definition) is 1. The molecule has 0 N–H and O–H groups in total. The van der Waals surface area contributed by atoms with Crippen molar-refractivity contribution in [2.24, 2.45) is 0 Å². The van der Waals surface area contributed by atoms with Gasteiger partial charge in [0.2, 0.25) is 0 Å². The maximum atomic E-state index is 15.2. The Morgan fingerprint density at radius 1 is 0.867 bits per heavy atom. The van der Waals surface area contributed by atoms with Gasteiger partial charge in [-0.15, -0.1) is 0 Å². The van der Waals surface area contributed by atoms with Gasteiger partial charge in [-0.2, -0.15) is 0 Å². The molecule has 0 fully saturated rings. The second kappa shape index (κ2) is 10.1. The summed E-state index contributed by atoms with van der Waals surface area (Å²) in [6.07, 6.45) is 2.95. The van der Waals surface area contributed by atoms with Gasteiger partial charge < -0.3 is 4.74 Å². The molecular weight excluding hydrogens is 385 g/mol. The molecule has 0 aromatic heterocycles. The maximum absolute atomic E-state index is 15.2. The number of allylic oxidation sites excluding steroid dienone is 2. The maximum Gasteiger partial charge on any atom is 0.267 e. The summed E-state index contributed by atoms with van der Waals surface area (Å²) in [5.41, 5.74) is 2.03. The van der Waals surface area contributed by atoms with Gasteiger partial charge in [0.05, 0.1) is 12.2 Å². The van der Waals surface area contributed by atoms with E-state index < -0.39 is 17.8 Å². The zero-order valence-corrected chi connectivity index (χ0v) is 17.2. The van der Waals surface area contributed by atoms with Crippen LogP contribution in [-0.2, 0) is 6.42 Å². The number of ether oxygens (including phenoxy) is 1. The van der Waals surface area contributed by atoms with Crippen LogP contribution in [0.4, 0.5) is 13.2 Å². The van der Waals surface area contributed by atoms with E-state index in [1.54, 1.807) is 48.5 Å². The van der Waals surface area contributed by atoms with Crippen molar-refractivity contribution in [1.82, 2.24) is 0 Å². The molecule has 3 aromatic carbocycles. The average molecular weight is 410 g/mol. The van der Waals surface area contributed by atoms with Gasteiger partial charge in [0.25, 0.3) is 6.43 Å². The van der Waals surface area contributed by atoms with Crippen molar-refractivity contribution in [3.05, 3.63) is 89.8 Å². The fourth-order valence-corrected chi connectivity index (χ4v) is 3.45. The highest BCUT2D eigenvalue weighted by atomic mass is 19.3. The summed E-state index contributed by atoms with van der Waals surface area (Å²) in [5, 5.41) is 0. The van der Waals surface area contributed by atoms with Crippen LogP contribution >= 0.6 is 0 Å². The second-order valence-electron chi connectivity index (χ2n) is 6.95. The molecule has 0 saturated heterocycles. The van der Waals surface area contributed by atoms with Crippen LogP contribution in [0.15, 0.2) is 72.8 Å².